The van der Waals surface area contributed by atoms with E-state index in [0.717, 1.165) is 49.8 Å². The molecule has 0 saturated carbocycles. The van der Waals surface area contributed by atoms with Gasteiger partial charge in [-0.05, 0) is 63.5 Å². The predicted molar refractivity (Wildman–Crippen MR) is 189 cm³/mol. The number of rotatable bonds is 4. The molecule has 0 bridgehead atoms. The lowest BCUT2D eigenvalue weighted by Gasteiger charge is -2.30. The van der Waals surface area contributed by atoms with E-state index >= 15 is 0 Å². The Kier molecular flexibility index (Phi) is 5.58. The van der Waals surface area contributed by atoms with E-state index in [4.69, 9.17) is 4.42 Å². The summed E-state index contributed by atoms with van der Waals surface area (Å²) in [6.07, 6.45) is 0. The van der Waals surface area contributed by atoms with Gasteiger partial charge in [0.15, 0.2) is 0 Å². The first-order valence-electron chi connectivity index (χ1n) is 15.6. The van der Waals surface area contributed by atoms with Gasteiger partial charge in [-0.15, -0.1) is 0 Å². The molecule has 45 heavy (non-hydrogen) atoms. The standard InChI is InChI=1S/C43H31NO/c1-43(2)36-21-11-8-19-33(36)34-25-24-30(27-37(34)43)44(38-22-12-9-17-31(38)28-14-4-3-5-15-28)39-26-29-16-6-7-18-32(29)42-41(39)35-20-10-13-23-40(35)45-42/h3-27H,1-2H3. The second kappa shape index (κ2) is 9.70. The number of nitrogens with zero attached hydrogens (tertiary/aromatic N) is 1. The normalized spacial score (nSPS) is 13.3. The highest BCUT2D eigenvalue weighted by Crippen LogP contribution is 2.52. The molecule has 214 valence electrons. The smallest absolute Gasteiger partial charge is 0.145 e. The van der Waals surface area contributed by atoms with Gasteiger partial charge in [0.05, 0.1) is 16.8 Å². The van der Waals surface area contributed by atoms with Gasteiger partial charge in [-0.25, -0.2) is 0 Å². The van der Waals surface area contributed by atoms with Crippen LogP contribution in [0.4, 0.5) is 17.1 Å². The van der Waals surface area contributed by atoms with Crippen LogP contribution in [0.3, 0.4) is 0 Å². The SMILES string of the molecule is CC1(C)c2ccccc2-c2ccc(N(c3ccccc3-c3ccccc3)c3cc4ccccc4c4oc5ccccc5c34)cc21. The van der Waals surface area contributed by atoms with Crippen molar-refractivity contribution < 1.29 is 4.42 Å². The van der Waals surface area contributed by atoms with Gasteiger partial charge < -0.3 is 9.32 Å². The van der Waals surface area contributed by atoms with Gasteiger partial charge in [0.2, 0.25) is 0 Å². The Balaban J connectivity index is 1.40. The maximum Gasteiger partial charge on any atom is 0.145 e. The Hall–Kier alpha value is -5.60. The first kappa shape index (κ1) is 25.9. The average Bonchev–Trinajstić information content (AvgIpc) is 3.59. The van der Waals surface area contributed by atoms with Crippen LogP contribution in [-0.4, -0.2) is 0 Å². The summed E-state index contributed by atoms with van der Waals surface area (Å²) in [4.78, 5) is 2.46. The number of fused-ring (bicyclic) bond motifs is 8. The molecule has 0 spiro atoms. The third kappa shape index (κ3) is 3.82. The molecule has 0 saturated heterocycles. The fourth-order valence-corrected chi connectivity index (χ4v) is 7.48. The predicted octanol–water partition coefficient (Wildman–Crippen LogP) is 12.2. The molecule has 2 heteroatoms. The summed E-state index contributed by atoms with van der Waals surface area (Å²) in [5.74, 6) is 0. The van der Waals surface area contributed by atoms with E-state index in [1.165, 1.54) is 33.4 Å². The minimum Gasteiger partial charge on any atom is -0.455 e. The van der Waals surface area contributed by atoms with Crippen LogP contribution in [0.25, 0.3) is 55.0 Å². The molecule has 1 heterocycles. The molecular formula is C43H31NO. The number of hydrogen-bond donors (Lipinski definition) is 0. The van der Waals surface area contributed by atoms with E-state index in [2.05, 4.69) is 170 Å². The molecule has 9 rings (SSSR count). The highest BCUT2D eigenvalue weighted by Gasteiger charge is 2.36. The monoisotopic (exact) mass is 577 g/mol. The lowest BCUT2D eigenvalue weighted by molar-refractivity contribution is 0.660. The largest absolute Gasteiger partial charge is 0.455 e. The summed E-state index contributed by atoms with van der Waals surface area (Å²) in [6.45, 7) is 4.70. The number of hydrogen-bond acceptors (Lipinski definition) is 2. The van der Waals surface area contributed by atoms with E-state index in [0.29, 0.717) is 0 Å². The van der Waals surface area contributed by atoms with Crippen LogP contribution in [0.2, 0.25) is 0 Å². The van der Waals surface area contributed by atoms with Crippen LogP contribution < -0.4 is 4.90 Å². The summed E-state index contributed by atoms with van der Waals surface area (Å²) in [6, 6.07) is 54.7. The van der Waals surface area contributed by atoms with Crippen molar-refractivity contribution in [2.24, 2.45) is 0 Å². The van der Waals surface area contributed by atoms with E-state index in [-0.39, 0.29) is 5.41 Å². The van der Waals surface area contributed by atoms with E-state index in [9.17, 15) is 0 Å². The molecular weight excluding hydrogens is 546 g/mol. The number of anilines is 3. The fourth-order valence-electron chi connectivity index (χ4n) is 7.48. The Morgan fingerprint density at radius 3 is 2.04 bits per heavy atom. The molecule has 0 unspecified atom stereocenters. The summed E-state index contributed by atoms with van der Waals surface area (Å²) >= 11 is 0. The second-order valence-corrected chi connectivity index (χ2v) is 12.5. The maximum atomic E-state index is 6.67. The molecule has 1 aliphatic rings. The molecule has 8 aromatic rings. The molecule has 1 aromatic heterocycles. The van der Waals surface area contributed by atoms with E-state index in [1.807, 2.05) is 0 Å². The Labute approximate surface area is 262 Å². The quantitative estimate of drug-likeness (QED) is 0.207. The first-order valence-corrected chi connectivity index (χ1v) is 15.6. The number of benzene rings is 7. The minimum atomic E-state index is -0.117. The van der Waals surface area contributed by atoms with Crippen LogP contribution in [0.1, 0.15) is 25.0 Å². The molecule has 7 aromatic carbocycles. The van der Waals surface area contributed by atoms with Crippen molar-refractivity contribution in [3.05, 3.63) is 163 Å². The summed E-state index contributed by atoms with van der Waals surface area (Å²) in [5, 5.41) is 4.50. The van der Waals surface area contributed by atoms with Crippen molar-refractivity contribution in [2.75, 3.05) is 4.90 Å². The van der Waals surface area contributed by atoms with Crippen LogP contribution in [0.5, 0.6) is 0 Å². The van der Waals surface area contributed by atoms with Crippen molar-refractivity contribution in [1.29, 1.82) is 0 Å². The number of para-hydroxylation sites is 2. The van der Waals surface area contributed by atoms with Gasteiger partial charge in [0.1, 0.15) is 11.2 Å². The molecule has 0 amide bonds. The molecule has 0 fully saturated rings. The third-order valence-corrected chi connectivity index (χ3v) is 9.65. The van der Waals surface area contributed by atoms with Crippen molar-refractivity contribution in [2.45, 2.75) is 19.3 Å². The van der Waals surface area contributed by atoms with Gasteiger partial charge >= 0.3 is 0 Å². The molecule has 0 radical (unpaired) electrons. The highest BCUT2D eigenvalue weighted by atomic mass is 16.3. The van der Waals surface area contributed by atoms with Gasteiger partial charge in [-0.1, -0.05) is 135 Å². The number of furan rings is 1. The molecule has 2 nitrogen and oxygen atoms in total. The molecule has 1 aliphatic carbocycles. The summed E-state index contributed by atoms with van der Waals surface area (Å²) in [5.41, 5.74) is 12.8. The van der Waals surface area contributed by atoms with Crippen molar-refractivity contribution in [3.63, 3.8) is 0 Å². The zero-order valence-electron chi connectivity index (χ0n) is 25.3. The molecule has 0 aliphatic heterocycles. The topological polar surface area (TPSA) is 16.4 Å². The van der Waals surface area contributed by atoms with Gasteiger partial charge in [0, 0.05) is 27.4 Å². The van der Waals surface area contributed by atoms with Crippen LogP contribution >= 0.6 is 0 Å². The zero-order valence-corrected chi connectivity index (χ0v) is 25.3. The first-order chi connectivity index (χ1) is 22.1. The fraction of sp³-hybridized carbons (Fsp3) is 0.0698. The van der Waals surface area contributed by atoms with Crippen molar-refractivity contribution >= 4 is 49.8 Å². The Bertz CT molecular complexity index is 2410. The van der Waals surface area contributed by atoms with E-state index < -0.39 is 0 Å². The third-order valence-electron chi connectivity index (χ3n) is 9.65. The summed E-state index contributed by atoms with van der Waals surface area (Å²) in [7, 11) is 0. The summed E-state index contributed by atoms with van der Waals surface area (Å²) < 4.78 is 6.67. The second-order valence-electron chi connectivity index (χ2n) is 12.5. The van der Waals surface area contributed by atoms with Crippen LogP contribution in [0.15, 0.2) is 156 Å². The molecule has 0 N–H and O–H groups in total. The minimum absolute atomic E-state index is 0.117. The van der Waals surface area contributed by atoms with Gasteiger partial charge in [-0.3, -0.25) is 0 Å². The van der Waals surface area contributed by atoms with E-state index in [1.54, 1.807) is 0 Å². The lowest BCUT2D eigenvalue weighted by Crippen LogP contribution is -2.17. The van der Waals surface area contributed by atoms with Gasteiger partial charge in [0.25, 0.3) is 0 Å². The maximum absolute atomic E-state index is 6.67. The highest BCUT2D eigenvalue weighted by molar-refractivity contribution is 6.22. The Morgan fingerprint density at radius 1 is 0.511 bits per heavy atom. The zero-order chi connectivity index (χ0) is 30.1. The average molecular weight is 578 g/mol. The van der Waals surface area contributed by atoms with Crippen molar-refractivity contribution in [3.8, 4) is 22.3 Å². The van der Waals surface area contributed by atoms with Gasteiger partial charge in [-0.2, -0.15) is 0 Å². The molecule has 0 atom stereocenters. The van der Waals surface area contributed by atoms with Crippen LogP contribution in [0, 0.1) is 0 Å². The lowest BCUT2D eigenvalue weighted by atomic mass is 9.82. The van der Waals surface area contributed by atoms with Crippen LogP contribution in [-0.2, 0) is 5.41 Å². The van der Waals surface area contributed by atoms with Crippen molar-refractivity contribution in [1.82, 2.24) is 0 Å². The Morgan fingerprint density at radius 2 is 1.18 bits per heavy atom.